The van der Waals surface area contributed by atoms with Crippen molar-refractivity contribution in [2.45, 2.75) is 25.7 Å². The predicted molar refractivity (Wildman–Crippen MR) is 70.1 cm³/mol. The van der Waals surface area contributed by atoms with Crippen LogP contribution in [0, 0.1) is 0 Å². The van der Waals surface area contributed by atoms with Crippen molar-refractivity contribution in [3.05, 3.63) is 29.8 Å². The van der Waals surface area contributed by atoms with Crippen LogP contribution in [0.1, 0.15) is 24.8 Å². The van der Waals surface area contributed by atoms with E-state index < -0.39 is 0 Å². The van der Waals surface area contributed by atoms with E-state index in [1.165, 1.54) is 43.6 Å². The van der Waals surface area contributed by atoms with Gasteiger partial charge < -0.3 is 10.2 Å². The molecule has 1 aromatic rings. The van der Waals surface area contributed by atoms with Gasteiger partial charge >= 0.3 is 0 Å². The number of nitrogens with zero attached hydrogens (tertiary/aromatic N) is 1. The molecule has 0 radical (unpaired) electrons. The van der Waals surface area contributed by atoms with Crippen LogP contribution in [-0.4, -0.2) is 26.7 Å². The van der Waals surface area contributed by atoms with Crippen LogP contribution in [0.5, 0.6) is 0 Å². The smallest absolute Gasteiger partial charge is 0.0366 e. The highest BCUT2D eigenvalue weighted by molar-refractivity contribution is 5.47. The van der Waals surface area contributed by atoms with Gasteiger partial charge in [-0.3, -0.25) is 0 Å². The first-order valence-electron chi connectivity index (χ1n) is 6.38. The van der Waals surface area contributed by atoms with Crippen molar-refractivity contribution in [1.82, 2.24) is 5.32 Å². The van der Waals surface area contributed by atoms with Gasteiger partial charge in [0.2, 0.25) is 0 Å². The molecule has 0 atom stereocenters. The van der Waals surface area contributed by atoms with E-state index in [4.69, 9.17) is 0 Å². The summed E-state index contributed by atoms with van der Waals surface area (Å²) >= 11 is 0. The second kappa shape index (κ2) is 5.90. The minimum Gasteiger partial charge on any atom is -0.372 e. The van der Waals surface area contributed by atoms with Crippen LogP contribution in [0.4, 0.5) is 5.69 Å². The van der Waals surface area contributed by atoms with Gasteiger partial charge in [-0.25, -0.2) is 0 Å². The molecule has 2 heteroatoms. The van der Waals surface area contributed by atoms with E-state index in [1.54, 1.807) is 0 Å². The van der Waals surface area contributed by atoms with Crippen molar-refractivity contribution in [2.24, 2.45) is 0 Å². The van der Waals surface area contributed by atoms with E-state index in [0.29, 0.717) is 0 Å². The molecule has 1 aliphatic heterocycles. The molecule has 1 aliphatic rings. The topological polar surface area (TPSA) is 15.3 Å². The maximum atomic E-state index is 3.18. The van der Waals surface area contributed by atoms with Crippen LogP contribution in [0.3, 0.4) is 0 Å². The molecule has 88 valence electrons. The monoisotopic (exact) mass is 218 g/mol. The van der Waals surface area contributed by atoms with Gasteiger partial charge in [-0.1, -0.05) is 12.1 Å². The van der Waals surface area contributed by atoms with Gasteiger partial charge in [-0.15, -0.1) is 0 Å². The molecule has 0 saturated carbocycles. The highest BCUT2D eigenvalue weighted by atomic mass is 15.1. The van der Waals surface area contributed by atoms with Gasteiger partial charge in [0.1, 0.15) is 0 Å². The molecule has 0 bridgehead atoms. The fourth-order valence-electron chi connectivity index (χ4n) is 2.29. The summed E-state index contributed by atoms with van der Waals surface area (Å²) in [6, 6.07) is 9.08. The fourth-order valence-corrected chi connectivity index (χ4v) is 2.29. The van der Waals surface area contributed by atoms with Gasteiger partial charge in [-0.2, -0.15) is 0 Å². The van der Waals surface area contributed by atoms with Crippen molar-refractivity contribution in [2.75, 3.05) is 31.6 Å². The van der Waals surface area contributed by atoms with Crippen LogP contribution in [0.25, 0.3) is 0 Å². The van der Waals surface area contributed by atoms with E-state index in [9.17, 15) is 0 Å². The van der Waals surface area contributed by atoms with E-state index >= 15 is 0 Å². The Labute approximate surface area is 98.7 Å². The molecule has 0 spiro atoms. The SMILES string of the molecule is CNCCc1ccc(N2CCCCC2)cc1. The zero-order chi connectivity index (χ0) is 11.2. The number of nitrogens with one attached hydrogen (secondary N) is 1. The lowest BCUT2D eigenvalue weighted by atomic mass is 10.1. The summed E-state index contributed by atoms with van der Waals surface area (Å²) in [6.45, 7) is 3.52. The van der Waals surface area contributed by atoms with Crippen molar-refractivity contribution < 1.29 is 0 Å². The second-order valence-electron chi connectivity index (χ2n) is 4.57. The number of rotatable bonds is 4. The average Bonchev–Trinajstić information content (AvgIpc) is 2.38. The first-order valence-corrected chi connectivity index (χ1v) is 6.38. The van der Waals surface area contributed by atoms with Gasteiger partial charge in [0, 0.05) is 18.8 Å². The highest BCUT2D eigenvalue weighted by Crippen LogP contribution is 2.20. The lowest BCUT2D eigenvalue weighted by molar-refractivity contribution is 0.578. The summed E-state index contributed by atoms with van der Waals surface area (Å²) in [5.74, 6) is 0. The summed E-state index contributed by atoms with van der Waals surface area (Å²) in [5, 5.41) is 3.18. The van der Waals surface area contributed by atoms with Gasteiger partial charge in [0.05, 0.1) is 0 Å². The Morgan fingerprint density at radius 1 is 1.06 bits per heavy atom. The fraction of sp³-hybridized carbons (Fsp3) is 0.571. The molecule has 0 unspecified atom stereocenters. The number of likely N-dealkylation sites (N-methyl/N-ethyl adjacent to an activating group) is 1. The minimum atomic E-state index is 1.06. The summed E-state index contributed by atoms with van der Waals surface area (Å²) in [7, 11) is 2.00. The van der Waals surface area contributed by atoms with Crippen molar-refractivity contribution in [3.8, 4) is 0 Å². The minimum absolute atomic E-state index is 1.06. The molecule has 0 amide bonds. The molecule has 1 saturated heterocycles. The summed E-state index contributed by atoms with van der Waals surface area (Å²) < 4.78 is 0. The van der Waals surface area contributed by atoms with Gasteiger partial charge in [0.25, 0.3) is 0 Å². The van der Waals surface area contributed by atoms with Gasteiger partial charge in [0.15, 0.2) is 0 Å². The molecule has 2 nitrogen and oxygen atoms in total. The van der Waals surface area contributed by atoms with Crippen molar-refractivity contribution in [3.63, 3.8) is 0 Å². The standard InChI is InChI=1S/C14H22N2/c1-15-10-9-13-5-7-14(8-6-13)16-11-3-2-4-12-16/h5-8,15H,2-4,9-12H2,1H3. The van der Waals surface area contributed by atoms with Crippen LogP contribution < -0.4 is 10.2 Å². The van der Waals surface area contributed by atoms with Crippen LogP contribution in [0.15, 0.2) is 24.3 Å². The molecule has 16 heavy (non-hydrogen) atoms. The molecule has 0 aliphatic carbocycles. The largest absolute Gasteiger partial charge is 0.372 e. The van der Waals surface area contributed by atoms with Crippen LogP contribution >= 0.6 is 0 Å². The Kier molecular flexibility index (Phi) is 4.23. The van der Waals surface area contributed by atoms with E-state index in [0.717, 1.165) is 13.0 Å². The molecule has 2 rings (SSSR count). The second-order valence-corrected chi connectivity index (χ2v) is 4.57. The van der Waals surface area contributed by atoms with E-state index in [-0.39, 0.29) is 0 Å². The Hall–Kier alpha value is -1.02. The normalized spacial score (nSPS) is 16.4. The molecular formula is C14H22N2. The number of hydrogen-bond acceptors (Lipinski definition) is 2. The number of anilines is 1. The average molecular weight is 218 g/mol. The molecular weight excluding hydrogens is 196 g/mol. The Bertz CT molecular complexity index is 299. The summed E-state index contributed by atoms with van der Waals surface area (Å²) in [6.07, 6.45) is 5.22. The van der Waals surface area contributed by atoms with Crippen LogP contribution in [-0.2, 0) is 6.42 Å². The maximum absolute atomic E-state index is 3.18. The Morgan fingerprint density at radius 3 is 2.38 bits per heavy atom. The molecule has 1 heterocycles. The molecule has 1 aromatic carbocycles. The summed E-state index contributed by atoms with van der Waals surface area (Å²) in [5.41, 5.74) is 2.82. The lowest BCUT2D eigenvalue weighted by Gasteiger charge is -2.28. The zero-order valence-electron chi connectivity index (χ0n) is 10.2. The summed E-state index contributed by atoms with van der Waals surface area (Å²) in [4.78, 5) is 2.51. The molecule has 1 N–H and O–H groups in total. The Balaban J connectivity index is 1.95. The third-order valence-corrected chi connectivity index (χ3v) is 3.32. The van der Waals surface area contributed by atoms with Crippen LogP contribution in [0.2, 0.25) is 0 Å². The van der Waals surface area contributed by atoms with Gasteiger partial charge in [-0.05, 0) is 57.0 Å². The molecule has 1 fully saturated rings. The highest BCUT2D eigenvalue weighted by Gasteiger charge is 2.10. The van der Waals surface area contributed by atoms with Crippen molar-refractivity contribution >= 4 is 5.69 Å². The predicted octanol–water partition coefficient (Wildman–Crippen LogP) is 2.44. The number of piperidine rings is 1. The van der Waals surface area contributed by atoms with Crippen molar-refractivity contribution in [1.29, 1.82) is 0 Å². The number of benzene rings is 1. The number of hydrogen-bond donors (Lipinski definition) is 1. The molecule has 0 aromatic heterocycles. The maximum Gasteiger partial charge on any atom is 0.0366 e. The third kappa shape index (κ3) is 2.99. The third-order valence-electron chi connectivity index (χ3n) is 3.32. The van der Waals surface area contributed by atoms with E-state index in [2.05, 4.69) is 34.5 Å². The van der Waals surface area contributed by atoms with E-state index in [1.807, 2.05) is 7.05 Å². The zero-order valence-corrected chi connectivity index (χ0v) is 10.2. The quantitative estimate of drug-likeness (QED) is 0.835. The Morgan fingerprint density at radius 2 is 1.75 bits per heavy atom. The first kappa shape index (κ1) is 11.5. The first-order chi connectivity index (χ1) is 7.90. The lowest BCUT2D eigenvalue weighted by Crippen LogP contribution is -2.29.